The molecule has 0 aliphatic carbocycles. The fourth-order valence-corrected chi connectivity index (χ4v) is 8.05. The minimum absolute atomic E-state index is 0.188. The number of carbonyl (C=O) groups is 2. The highest BCUT2D eigenvalue weighted by Crippen LogP contribution is 2.37. The van der Waals surface area contributed by atoms with Crippen LogP contribution in [-0.2, 0) is 9.59 Å². The van der Waals surface area contributed by atoms with Gasteiger partial charge in [0.25, 0.3) is 5.91 Å². The molecule has 8 rings (SSSR count). The van der Waals surface area contributed by atoms with Gasteiger partial charge in [-0.15, -0.1) is 0 Å². The number of nitrogens with zero attached hydrogens (tertiary/aromatic N) is 2. The van der Waals surface area contributed by atoms with Gasteiger partial charge in [0, 0.05) is 17.1 Å². The van der Waals surface area contributed by atoms with E-state index in [1.807, 2.05) is 36.4 Å². The number of aliphatic imine (C=N–C) groups is 1. The van der Waals surface area contributed by atoms with Crippen molar-refractivity contribution < 1.29 is 14.7 Å². The molecule has 0 atom stereocenters. The topological polar surface area (TPSA) is 82.0 Å². The van der Waals surface area contributed by atoms with Crippen molar-refractivity contribution >= 4 is 75.2 Å². The fraction of sp³-hybridized carbons (Fsp3) is 0.0893. The van der Waals surface area contributed by atoms with Crippen molar-refractivity contribution in [3.05, 3.63) is 237 Å². The number of aliphatic carboxylic acids is 1. The lowest BCUT2D eigenvalue weighted by molar-refractivity contribution is -0.133. The van der Waals surface area contributed by atoms with E-state index in [1.165, 1.54) is 33.4 Å². The number of amides is 1. The van der Waals surface area contributed by atoms with Crippen LogP contribution in [0.1, 0.15) is 61.2 Å². The molecule has 1 aliphatic rings. The summed E-state index contributed by atoms with van der Waals surface area (Å²) < 4.78 is 0. The van der Waals surface area contributed by atoms with Gasteiger partial charge in [0.2, 0.25) is 0 Å². The monoisotopic (exact) mass is 841 g/mol. The minimum atomic E-state index is -0.977. The zero-order valence-electron chi connectivity index (χ0n) is 35.7. The maximum atomic E-state index is 12.7. The van der Waals surface area contributed by atoms with Gasteiger partial charge in [-0.25, -0.2) is 4.99 Å². The molecule has 0 fully saturated rings. The summed E-state index contributed by atoms with van der Waals surface area (Å²) in [6, 6.07) is 59.6. The number of carbonyl (C=O) groups excluding carboxylic acids is 1. The van der Waals surface area contributed by atoms with Gasteiger partial charge in [0.15, 0.2) is 5.17 Å². The second kappa shape index (κ2) is 19.1. The molecule has 7 aromatic carbocycles. The SMILES string of the molecule is Cc1ccc(/C(=C/c2ccc(N(c3ccc(/C=C4\N=C(SCC(=O)O)NC4=O)cc3)c3ccc(/C=C(\c4ccccc4)c4ccc(C)c(C)c4)cc3)cc2)c2ccccc2)cc1C. The van der Waals surface area contributed by atoms with E-state index in [4.69, 9.17) is 5.11 Å². The number of benzene rings is 7. The van der Waals surface area contributed by atoms with Crippen LogP contribution in [0.4, 0.5) is 17.1 Å². The molecule has 63 heavy (non-hydrogen) atoms. The standard InChI is InChI=1S/C56H47N3O3S/c1-37-15-23-46(31-39(37)3)51(44-11-7-5-8-12-44)33-41-17-25-48(26-18-41)59(50-29-21-43(22-30-50)35-53-55(62)58-56(57-53)63-36-54(60)61)49-27-19-42(20-28-49)34-52(45-13-9-6-10-14-45)47-24-16-38(2)40(4)32-47/h5-35H,36H2,1-4H3,(H,60,61)(H,57,58,62)/b51-33+,52-34+,53-35-. The first-order chi connectivity index (χ1) is 30.6. The summed E-state index contributed by atoms with van der Waals surface area (Å²) in [6.07, 6.45) is 6.22. The van der Waals surface area contributed by atoms with E-state index >= 15 is 0 Å². The van der Waals surface area contributed by atoms with Crippen molar-refractivity contribution in [1.29, 1.82) is 0 Å². The van der Waals surface area contributed by atoms with E-state index in [9.17, 15) is 9.59 Å². The number of nitrogens with one attached hydrogen (secondary N) is 1. The Hall–Kier alpha value is -7.48. The highest BCUT2D eigenvalue weighted by molar-refractivity contribution is 8.14. The molecule has 0 bridgehead atoms. The average Bonchev–Trinajstić information content (AvgIpc) is 3.66. The smallest absolute Gasteiger partial charge is 0.313 e. The molecule has 0 saturated heterocycles. The van der Waals surface area contributed by atoms with Crippen LogP contribution in [0.2, 0.25) is 0 Å². The van der Waals surface area contributed by atoms with Crippen LogP contribution in [0.15, 0.2) is 181 Å². The van der Waals surface area contributed by atoms with Gasteiger partial charge >= 0.3 is 5.97 Å². The van der Waals surface area contributed by atoms with Gasteiger partial charge in [-0.05, 0) is 155 Å². The Labute approximate surface area is 373 Å². The first-order valence-electron chi connectivity index (χ1n) is 20.8. The summed E-state index contributed by atoms with van der Waals surface area (Å²) in [5, 5.41) is 12.0. The third kappa shape index (κ3) is 10.2. The lowest BCUT2D eigenvalue weighted by atomic mass is 9.93. The second-order valence-electron chi connectivity index (χ2n) is 15.6. The third-order valence-corrected chi connectivity index (χ3v) is 12.1. The predicted octanol–water partition coefficient (Wildman–Crippen LogP) is 13.2. The van der Waals surface area contributed by atoms with E-state index < -0.39 is 5.97 Å². The number of hydrogen-bond acceptors (Lipinski definition) is 5. The molecule has 7 heteroatoms. The van der Waals surface area contributed by atoms with Crippen LogP contribution in [0.5, 0.6) is 0 Å². The van der Waals surface area contributed by atoms with Crippen LogP contribution < -0.4 is 10.2 Å². The minimum Gasteiger partial charge on any atom is -0.481 e. The maximum Gasteiger partial charge on any atom is 0.313 e. The summed E-state index contributed by atoms with van der Waals surface area (Å²) in [5.41, 5.74) is 18.1. The zero-order valence-corrected chi connectivity index (χ0v) is 36.5. The third-order valence-electron chi connectivity index (χ3n) is 11.2. The molecular formula is C56H47N3O3S. The van der Waals surface area contributed by atoms with Gasteiger partial charge in [0.05, 0.1) is 5.75 Å². The highest BCUT2D eigenvalue weighted by Gasteiger charge is 2.21. The van der Waals surface area contributed by atoms with Crippen molar-refractivity contribution in [2.45, 2.75) is 27.7 Å². The van der Waals surface area contributed by atoms with Gasteiger partial charge in [-0.3, -0.25) is 14.9 Å². The Kier molecular flexibility index (Phi) is 12.8. The van der Waals surface area contributed by atoms with E-state index in [0.29, 0.717) is 0 Å². The van der Waals surface area contributed by atoms with Crippen LogP contribution in [0, 0.1) is 27.7 Å². The largest absolute Gasteiger partial charge is 0.481 e. The average molecular weight is 842 g/mol. The Morgan fingerprint density at radius 1 is 0.556 bits per heavy atom. The Balaban J connectivity index is 1.16. The van der Waals surface area contributed by atoms with Gasteiger partial charge in [-0.1, -0.05) is 145 Å². The maximum absolute atomic E-state index is 12.7. The number of thioether (sulfide) groups is 1. The highest BCUT2D eigenvalue weighted by atomic mass is 32.2. The molecule has 1 amide bonds. The summed E-state index contributed by atoms with van der Waals surface area (Å²) >= 11 is 0.981. The molecule has 0 radical (unpaired) electrons. The van der Waals surface area contributed by atoms with Crippen LogP contribution in [-0.4, -0.2) is 27.9 Å². The lowest BCUT2D eigenvalue weighted by Gasteiger charge is -2.26. The molecule has 1 heterocycles. The Bertz CT molecular complexity index is 2770. The van der Waals surface area contributed by atoms with Crippen molar-refractivity contribution in [1.82, 2.24) is 5.32 Å². The Morgan fingerprint density at radius 3 is 1.40 bits per heavy atom. The molecule has 2 N–H and O–H groups in total. The number of amidine groups is 1. The summed E-state index contributed by atoms with van der Waals surface area (Å²) in [6.45, 7) is 8.60. The molecule has 6 nitrogen and oxygen atoms in total. The number of rotatable bonds is 12. The number of aryl methyl sites for hydroxylation is 4. The summed E-state index contributed by atoms with van der Waals surface area (Å²) in [7, 11) is 0. The first-order valence-corrected chi connectivity index (χ1v) is 21.8. The van der Waals surface area contributed by atoms with E-state index in [0.717, 1.165) is 67.8 Å². The van der Waals surface area contributed by atoms with Gasteiger partial charge in [-0.2, -0.15) is 0 Å². The normalized spacial score (nSPS) is 13.5. The van der Waals surface area contributed by atoms with E-state index in [-0.39, 0.29) is 22.5 Å². The number of carboxylic acids is 1. The molecule has 310 valence electrons. The van der Waals surface area contributed by atoms with Gasteiger partial charge in [0.1, 0.15) is 5.70 Å². The number of anilines is 3. The molecule has 0 unspecified atom stereocenters. The summed E-state index contributed by atoms with van der Waals surface area (Å²) in [4.78, 5) is 30.3. The number of hydrogen-bond donors (Lipinski definition) is 2. The molecular weight excluding hydrogens is 795 g/mol. The van der Waals surface area contributed by atoms with Gasteiger partial charge < -0.3 is 10.0 Å². The van der Waals surface area contributed by atoms with Crippen LogP contribution in [0.3, 0.4) is 0 Å². The van der Waals surface area contributed by atoms with Crippen molar-refractivity contribution in [2.75, 3.05) is 10.7 Å². The predicted molar refractivity (Wildman–Crippen MR) is 263 cm³/mol. The summed E-state index contributed by atoms with van der Waals surface area (Å²) in [5.74, 6) is -1.53. The second-order valence-corrected chi connectivity index (χ2v) is 16.6. The molecule has 7 aromatic rings. The molecule has 0 saturated carbocycles. The van der Waals surface area contributed by atoms with Crippen molar-refractivity contribution in [3.8, 4) is 0 Å². The van der Waals surface area contributed by atoms with Crippen LogP contribution >= 0.6 is 11.8 Å². The first kappa shape index (κ1) is 42.2. The molecule has 0 spiro atoms. The Morgan fingerprint density at radius 2 is 0.984 bits per heavy atom. The van der Waals surface area contributed by atoms with E-state index in [1.54, 1.807) is 6.08 Å². The molecule has 0 aromatic heterocycles. The number of carboxylic acid groups (broad SMARTS) is 1. The fourth-order valence-electron chi connectivity index (χ4n) is 7.46. The molecule has 1 aliphatic heterocycles. The van der Waals surface area contributed by atoms with Crippen LogP contribution in [0.25, 0.3) is 29.4 Å². The quantitative estimate of drug-likeness (QED) is 0.0946. The van der Waals surface area contributed by atoms with Crippen molar-refractivity contribution in [2.24, 2.45) is 4.99 Å². The zero-order chi connectivity index (χ0) is 43.9. The van der Waals surface area contributed by atoms with Crippen molar-refractivity contribution in [3.63, 3.8) is 0 Å². The van der Waals surface area contributed by atoms with E-state index in [2.05, 4.69) is 189 Å². The lowest BCUT2D eigenvalue weighted by Crippen LogP contribution is -2.22.